The molecule has 6 nitrogen and oxygen atoms in total. The predicted molar refractivity (Wildman–Crippen MR) is 93.7 cm³/mol. The van der Waals surface area contributed by atoms with Gasteiger partial charge in [-0.1, -0.05) is 12.1 Å². The zero-order valence-electron chi connectivity index (χ0n) is 14.7. The van der Waals surface area contributed by atoms with Crippen molar-refractivity contribution >= 4 is 17.6 Å². The Morgan fingerprint density at radius 3 is 2.38 bits per heavy atom. The number of benzene rings is 2. The summed E-state index contributed by atoms with van der Waals surface area (Å²) in [6.45, 7) is 2.51. The van der Waals surface area contributed by atoms with Crippen LogP contribution in [0.2, 0.25) is 0 Å². The lowest BCUT2D eigenvalue weighted by Gasteiger charge is -2.24. The largest absolute Gasteiger partial charge is 0.495 e. The summed E-state index contributed by atoms with van der Waals surface area (Å²) in [5, 5.41) is 2.60. The van der Waals surface area contributed by atoms with Gasteiger partial charge in [0.25, 0.3) is 5.91 Å². The maximum atomic E-state index is 12.9. The van der Waals surface area contributed by atoms with Crippen molar-refractivity contribution in [3.8, 4) is 11.5 Å². The van der Waals surface area contributed by atoms with Crippen LogP contribution in [-0.4, -0.2) is 31.2 Å². The van der Waals surface area contributed by atoms with Crippen LogP contribution in [0.4, 0.5) is 10.1 Å². The number of halogens is 1. The third-order valence-corrected chi connectivity index (χ3v) is 3.39. The monoisotopic (exact) mass is 361 g/mol. The van der Waals surface area contributed by atoms with Gasteiger partial charge in [0.2, 0.25) is 0 Å². The van der Waals surface area contributed by atoms with E-state index in [0.29, 0.717) is 17.2 Å². The summed E-state index contributed by atoms with van der Waals surface area (Å²) >= 11 is 0. The molecule has 0 spiro atoms. The van der Waals surface area contributed by atoms with Crippen molar-refractivity contribution in [2.75, 3.05) is 19.0 Å². The highest BCUT2D eigenvalue weighted by Crippen LogP contribution is 2.23. The van der Waals surface area contributed by atoms with Gasteiger partial charge in [-0.3, -0.25) is 4.79 Å². The van der Waals surface area contributed by atoms with Gasteiger partial charge in [0.1, 0.15) is 17.3 Å². The fourth-order valence-electron chi connectivity index (χ4n) is 2.08. The second kappa shape index (κ2) is 8.33. The van der Waals surface area contributed by atoms with E-state index in [1.165, 1.54) is 45.2 Å². The van der Waals surface area contributed by atoms with Crippen LogP contribution in [0.15, 0.2) is 48.5 Å². The number of rotatable bonds is 7. The molecule has 2 aromatic rings. The second-order valence-corrected chi connectivity index (χ2v) is 5.89. The molecule has 0 saturated carbocycles. The molecule has 0 bridgehead atoms. The van der Waals surface area contributed by atoms with Crippen LogP contribution in [0.5, 0.6) is 11.5 Å². The third kappa shape index (κ3) is 5.20. The first-order valence-electron chi connectivity index (χ1n) is 7.86. The molecule has 1 amide bonds. The topological polar surface area (TPSA) is 73.9 Å². The highest BCUT2D eigenvalue weighted by atomic mass is 19.1. The molecule has 0 aliphatic rings. The van der Waals surface area contributed by atoms with E-state index in [9.17, 15) is 14.0 Å². The molecule has 2 aromatic carbocycles. The van der Waals surface area contributed by atoms with Crippen molar-refractivity contribution in [1.29, 1.82) is 0 Å². The Labute approximate surface area is 150 Å². The van der Waals surface area contributed by atoms with E-state index in [2.05, 4.69) is 5.32 Å². The van der Waals surface area contributed by atoms with Crippen LogP contribution in [-0.2, 0) is 14.3 Å². The first-order valence-corrected chi connectivity index (χ1v) is 7.86. The minimum Gasteiger partial charge on any atom is -0.495 e. The van der Waals surface area contributed by atoms with Crippen molar-refractivity contribution in [2.45, 2.75) is 19.4 Å². The van der Waals surface area contributed by atoms with Crippen LogP contribution in [0, 0.1) is 5.82 Å². The summed E-state index contributed by atoms with van der Waals surface area (Å²) in [4.78, 5) is 24.2. The molecule has 0 atom stereocenters. The number of carbonyl (C=O) groups excluding carboxylic acids is 2. The Balaban J connectivity index is 1.90. The fourth-order valence-corrected chi connectivity index (χ4v) is 2.08. The lowest BCUT2D eigenvalue weighted by atomic mass is 10.1. The number of amides is 1. The zero-order valence-corrected chi connectivity index (χ0v) is 14.7. The number of ether oxygens (including phenoxy) is 3. The maximum absolute atomic E-state index is 12.9. The van der Waals surface area contributed by atoms with Gasteiger partial charge in [0.15, 0.2) is 12.2 Å². The molecule has 1 N–H and O–H groups in total. The van der Waals surface area contributed by atoms with Crippen molar-refractivity contribution in [3.63, 3.8) is 0 Å². The third-order valence-electron chi connectivity index (χ3n) is 3.39. The summed E-state index contributed by atoms with van der Waals surface area (Å²) < 4.78 is 28.6. The lowest BCUT2D eigenvalue weighted by Crippen LogP contribution is -2.41. The van der Waals surface area contributed by atoms with Crippen LogP contribution < -0.4 is 14.8 Å². The Hall–Kier alpha value is -3.09. The Morgan fingerprint density at radius 1 is 1.08 bits per heavy atom. The van der Waals surface area contributed by atoms with E-state index in [-0.39, 0.29) is 0 Å². The van der Waals surface area contributed by atoms with Crippen LogP contribution >= 0.6 is 0 Å². The number of hydrogen-bond acceptors (Lipinski definition) is 5. The zero-order chi connectivity index (χ0) is 19.2. The lowest BCUT2D eigenvalue weighted by molar-refractivity contribution is -0.161. The molecule has 0 saturated heterocycles. The first kappa shape index (κ1) is 19.2. The molecule has 0 aliphatic heterocycles. The number of para-hydroxylation sites is 2. The smallest absolute Gasteiger partial charge is 0.350 e. The van der Waals surface area contributed by atoms with E-state index in [1.54, 1.807) is 24.3 Å². The Kier molecular flexibility index (Phi) is 6.16. The Morgan fingerprint density at radius 2 is 1.73 bits per heavy atom. The Bertz CT molecular complexity index is 774. The molecule has 138 valence electrons. The average molecular weight is 361 g/mol. The number of nitrogens with one attached hydrogen (secondary N) is 1. The van der Waals surface area contributed by atoms with Gasteiger partial charge < -0.3 is 19.5 Å². The standard InChI is InChI=1S/C19H20FNO5/c1-19(2,26-14-10-8-13(20)9-11-14)18(23)25-12-17(22)21-15-6-4-5-7-16(15)24-3/h4-11H,12H2,1-3H3,(H,21,22). The number of carbonyl (C=O) groups is 2. The van der Waals surface area contributed by atoms with Crippen LogP contribution in [0.3, 0.4) is 0 Å². The number of methoxy groups -OCH3 is 1. The summed E-state index contributed by atoms with van der Waals surface area (Å²) in [6.07, 6.45) is 0. The SMILES string of the molecule is COc1ccccc1NC(=O)COC(=O)C(C)(C)Oc1ccc(F)cc1. The molecule has 0 radical (unpaired) electrons. The van der Waals surface area contributed by atoms with E-state index in [4.69, 9.17) is 14.2 Å². The minimum atomic E-state index is -1.34. The van der Waals surface area contributed by atoms with Gasteiger partial charge >= 0.3 is 5.97 Å². The molecular formula is C19H20FNO5. The van der Waals surface area contributed by atoms with E-state index >= 15 is 0 Å². The normalized spacial score (nSPS) is 10.8. The molecule has 26 heavy (non-hydrogen) atoms. The van der Waals surface area contributed by atoms with E-state index in [0.717, 1.165) is 0 Å². The fraction of sp³-hybridized carbons (Fsp3) is 0.263. The summed E-state index contributed by atoms with van der Waals surface area (Å²) in [5.74, 6) is -0.845. The highest BCUT2D eigenvalue weighted by molar-refractivity contribution is 5.94. The summed E-state index contributed by atoms with van der Waals surface area (Å²) in [5.41, 5.74) is -0.874. The van der Waals surface area contributed by atoms with Crippen molar-refractivity contribution in [1.82, 2.24) is 0 Å². The second-order valence-electron chi connectivity index (χ2n) is 5.89. The van der Waals surface area contributed by atoms with Gasteiger partial charge in [-0.25, -0.2) is 9.18 Å². The number of esters is 1. The summed E-state index contributed by atoms with van der Waals surface area (Å²) in [6, 6.07) is 12.1. The maximum Gasteiger partial charge on any atom is 0.350 e. The van der Waals surface area contributed by atoms with Gasteiger partial charge in [-0.2, -0.15) is 0 Å². The van der Waals surface area contributed by atoms with Gasteiger partial charge in [0.05, 0.1) is 12.8 Å². The van der Waals surface area contributed by atoms with Crippen LogP contribution in [0.1, 0.15) is 13.8 Å². The molecule has 0 unspecified atom stereocenters. The molecule has 0 fully saturated rings. The van der Waals surface area contributed by atoms with Crippen molar-refractivity contribution in [3.05, 3.63) is 54.3 Å². The van der Waals surface area contributed by atoms with Crippen LogP contribution in [0.25, 0.3) is 0 Å². The molecule has 0 heterocycles. The van der Waals surface area contributed by atoms with Crippen molar-refractivity contribution in [2.24, 2.45) is 0 Å². The minimum absolute atomic E-state index is 0.312. The first-order chi connectivity index (χ1) is 12.3. The number of anilines is 1. The summed E-state index contributed by atoms with van der Waals surface area (Å²) in [7, 11) is 1.49. The molecule has 0 aliphatic carbocycles. The van der Waals surface area contributed by atoms with Gasteiger partial charge in [0, 0.05) is 0 Å². The quantitative estimate of drug-likeness (QED) is 0.767. The number of hydrogen-bond donors (Lipinski definition) is 1. The molecular weight excluding hydrogens is 341 g/mol. The van der Waals surface area contributed by atoms with E-state index in [1.807, 2.05) is 0 Å². The highest BCUT2D eigenvalue weighted by Gasteiger charge is 2.32. The van der Waals surface area contributed by atoms with E-state index < -0.39 is 29.9 Å². The van der Waals surface area contributed by atoms with Crippen molar-refractivity contribution < 1.29 is 28.2 Å². The molecule has 7 heteroatoms. The predicted octanol–water partition coefficient (Wildman–Crippen LogP) is 3.17. The molecule has 2 rings (SSSR count). The molecule has 0 aromatic heterocycles. The van der Waals surface area contributed by atoms with Gasteiger partial charge in [-0.05, 0) is 50.2 Å². The van der Waals surface area contributed by atoms with Gasteiger partial charge in [-0.15, -0.1) is 0 Å². The average Bonchev–Trinajstić information content (AvgIpc) is 2.62.